The number of allylic oxidation sites excluding steroid dienone is 1. The van der Waals surface area contributed by atoms with Gasteiger partial charge in [0, 0.05) is 6.42 Å². The summed E-state index contributed by atoms with van der Waals surface area (Å²) in [5, 5.41) is 5.26. The summed E-state index contributed by atoms with van der Waals surface area (Å²) >= 11 is 0. The normalized spacial score (nSPS) is 19.1. The molecule has 0 spiro atoms. The second-order valence-corrected chi connectivity index (χ2v) is 3.04. The molecule has 0 aliphatic carbocycles. The number of nitrogens with two attached hydrogens (primary N) is 1. The van der Waals surface area contributed by atoms with Crippen LogP contribution in [0.4, 0.5) is 4.79 Å². The van der Waals surface area contributed by atoms with Crippen molar-refractivity contribution in [2.45, 2.75) is 18.9 Å². The first kappa shape index (κ1) is 11.6. The average Bonchev–Trinajstić information content (AvgIpc) is 2.29. The van der Waals surface area contributed by atoms with E-state index in [0.717, 1.165) is 0 Å². The third-order valence-corrected chi connectivity index (χ3v) is 2.13. The first-order chi connectivity index (χ1) is 7.63. The van der Waals surface area contributed by atoms with E-state index in [0.29, 0.717) is 5.01 Å². The zero-order valence-corrected chi connectivity index (χ0v) is 8.10. The zero-order valence-electron chi connectivity index (χ0n) is 8.10. The number of primary amides is 1. The van der Waals surface area contributed by atoms with Gasteiger partial charge in [-0.3, -0.25) is 0 Å². The number of carbonyl (C=O) groups excluding carboxylic acids is 3. The minimum Gasteiger partial charge on any atom is -0.350 e. The lowest BCUT2D eigenvalue weighted by molar-refractivity contribution is 0.187. The summed E-state index contributed by atoms with van der Waals surface area (Å²) in [5.41, 5.74) is 4.92. The van der Waals surface area contributed by atoms with Gasteiger partial charge >= 0.3 is 6.03 Å². The van der Waals surface area contributed by atoms with Crippen LogP contribution in [0.25, 0.3) is 0 Å². The fraction of sp³-hybridized carbons (Fsp3) is 0.375. The number of rotatable bonds is 2. The molecule has 0 saturated carbocycles. The summed E-state index contributed by atoms with van der Waals surface area (Å²) in [6, 6.07) is -1.99. The molecule has 1 heterocycles. The van der Waals surface area contributed by atoms with Crippen molar-refractivity contribution < 1.29 is 14.4 Å². The standard InChI is InChI=1S/C8H8N4O4/c9-8(15)12(11-16)7-2-1-5(3-13)10-6(7)4-14/h7,10H,1-2H2,(H2,9,15). The lowest BCUT2D eigenvalue weighted by Crippen LogP contribution is -2.46. The molecule has 1 rings (SSSR count). The average molecular weight is 224 g/mol. The van der Waals surface area contributed by atoms with Crippen LogP contribution in [-0.4, -0.2) is 29.0 Å². The molecule has 1 unspecified atom stereocenters. The van der Waals surface area contributed by atoms with E-state index >= 15 is 0 Å². The second kappa shape index (κ2) is 4.88. The molecule has 0 aromatic heterocycles. The van der Waals surface area contributed by atoms with Crippen molar-refractivity contribution in [3.8, 4) is 0 Å². The first-order valence-electron chi connectivity index (χ1n) is 4.32. The van der Waals surface area contributed by atoms with E-state index in [1.165, 1.54) is 5.94 Å². The number of nitrogens with zero attached hydrogens (tertiary/aromatic N) is 2. The van der Waals surface area contributed by atoms with E-state index in [1.807, 2.05) is 0 Å². The second-order valence-electron chi connectivity index (χ2n) is 3.04. The van der Waals surface area contributed by atoms with Crippen LogP contribution in [0.15, 0.2) is 16.7 Å². The molecule has 3 N–H and O–H groups in total. The fourth-order valence-corrected chi connectivity index (χ4v) is 1.40. The van der Waals surface area contributed by atoms with Crippen molar-refractivity contribution in [1.29, 1.82) is 0 Å². The third kappa shape index (κ3) is 2.14. The lowest BCUT2D eigenvalue weighted by atomic mass is 10.0. The van der Waals surface area contributed by atoms with Gasteiger partial charge in [0.15, 0.2) is 0 Å². The predicted octanol–water partition coefficient (Wildman–Crippen LogP) is -0.768. The highest BCUT2D eigenvalue weighted by molar-refractivity contribution is 5.73. The molecule has 1 aliphatic heterocycles. The highest BCUT2D eigenvalue weighted by Gasteiger charge is 2.32. The Labute approximate surface area is 89.7 Å². The summed E-state index contributed by atoms with van der Waals surface area (Å²) in [6.45, 7) is 0. The Hall–Kier alpha value is -2.43. The van der Waals surface area contributed by atoms with E-state index in [2.05, 4.69) is 10.6 Å². The molecule has 0 aromatic rings. The number of nitrogens with one attached hydrogen (secondary N) is 1. The topological polar surface area (TPSA) is 122 Å². The van der Waals surface area contributed by atoms with Crippen LogP contribution in [-0.2, 0) is 9.59 Å². The van der Waals surface area contributed by atoms with Crippen molar-refractivity contribution in [1.82, 2.24) is 10.3 Å². The molecule has 0 radical (unpaired) electrons. The molecule has 0 aromatic carbocycles. The molecule has 8 heteroatoms. The highest BCUT2D eigenvalue weighted by Crippen LogP contribution is 2.21. The van der Waals surface area contributed by atoms with Crippen LogP contribution in [0.1, 0.15) is 12.8 Å². The molecule has 1 aliphatic rings. The number of hydrogen-bond acceptors (Lipinski definition) is 6. The van der Waals surface area contributed by atoms with Crippen LogP contribution in [0.2, 0.25) is 0 Å². The summed E-state index contributed by atoms with van der Waals surface area (Å²) in [4.78, 5) is 42.1. The summed E-state index contributed by atoms with van der Waals surface area (Å²) in [6.07, 6.45) is 0.412. The van der Waals surface area contributed by atoms with Crippen LogP contribution in [0.5, 0.6) is 0 Å². The quantitative estimate of drug-likeness (QED) is 0.362. The van der Waals surface area contributed by atoms with Crippen LogP contribution in [0.3, 0.4) is 0 Å². The molecule has 1 atom stereocenters. The highest BCUT2D eigenvalue weighted by atomic mass is 16.3. The predicted molar refractivity (Wildman–Crippen MR) is 51.8 cm³/mol. The third-order valence-electron chi connectivity index (χ3n) is 2.13. The zero-order chi connectivity index (χ0) is 12.1. The molecular weight excluding hydrogens is 216 g/mol. The summed E-state index contributed by atoms with van der Waals surface area (Å²) in [5.74, 6) is 3.08. The molecule has 8 nitrogen and oxygen atoms in total. The fourth-order valence-electron chi connectivity index (χ4n) is 1.40. The molecule has 16 heavy (non-hydrogen) atoms. The van der Waals surface area contributed by atoms with E-state index in [4.69, 9.17) is 5.73 Å². The molecule has 1 saturated heterocycles. The van der Waals surface area contributed by atoms with Crippen molar-refractivity contribution in [2.24, 2.45) is 11.0 Å². The molecule has 1 fully saturated rings. The Morgan fingerprint density at radius 2 is 2.19 bits per heavy atom. The summed E-state index contributed by atoms with van der Waals surface area (Å²) < 4.78 is 0. The number of nitroso groups, excluding NO2 is 1. The van der Waals surface area contributed by atoms with Gasteiger partial charge in [0.2, 0.25) is 0 Å². The van der Waals surface area contributed by atoms with Gasteiger partial charge in [0.25, 0.3) is 0 Å². The molecule has 84 valence electrons. The summed E-state index contributed by atoms with van der Waals surface area (Å²) in [7, 11) is 0. The number of urea groups is 1. The Morgan fingerprint density at radius 1 is 1.50 bits per heavy atom. The number of amides is 2. The lowest BCUT2D eigenvalue weighted by Gasteiger charge is -2.28. The largest absolute Gasteiger partial charge is 0.350 e. The minimum absolute atomic E-state index is 0.136. The van der Waals surface area contributed by atoms with E-state index in [9.17, 15) is 19.3 Å². The van der Waals surface area contributed by atoms with E-state index < -0.39 is 12.1 Å². The minimum atomic E-state index is -1.08. The Morgan fingerprint density at radius 3 is 2.62 bits per heavy atom. The Kier molecular flexibility index (Phi) is 3.55. The van der Waals surface area contributed by atoms with Crippen LogP contribution in [0, 0.1) is 4.91 Å². The van der Waals surface area contributed by atoms with Gasteiger partial charge in [0.05, 0.1) is 5.29 Å². The Balaban J connectivity index is 2.98. The molecule has 0 bridgehead atoms. The number of hydrogen-bond donors (Lipinski definition) is 2. The van der Waals surface area contributed by atoms with Gasteiger partial charge in [-0.25, -0.2) is 14.4 Å². The maximum Gasteiger partial charge on any atom is 0.338 e. The van der Waals surface area contributed by atoms with E-state index in [1.54, 1.807) is 5.94 Å². The first-order valence-corrected chi connectivity index (χ1v) is 4.32. The smallest absolute Gasteiger partial charge is 0.338 e. The molecule has 2 amide bonds. The van der Waals surface area contributed by atoms with Crippen LogP contribution >= 0.6 is 0 Å². The van der Waals surface area contributed by atoms with E-state index in [-0.39, 0.29) is 24.2 Å². The number of carbonyl (C=O) groups is 1. The van der Waals surface area contributed by atoms with Gasteiger partial charge in [-0.05, 0) is 6.42 Å². The monoisotopic (exact) mass is 224 g/mol. The van der Waals surface area contributed by atoms with Gasteiger partial charge in [0.1, 0.15) is 29.3 Å². The van der Waals surface area contributed by atoms with Gasteiger partial charge in [-0.15, -0.1) is 4.91 Å². The Bertz CT molecular complexity index is 420. The van der Waals surface area contributed by atoms with Gasteiger partial charge < -0.3 is 11.1 Å². The maximum absolute atomic E-state index is 10.8. The number of piperidine rings is 1. The van der Waals surface area contributed by atoms with Gasteiger partial charge in [-0.2, -0.15) is 5.01 Å². The van der Waals surface area contributed by atoms with Crippen molar-refractivity contribution in [3.05, 3.63) is 16.3 Å². The van der Waals surface area contributed by atoms with Crippen molar-refractivity contribution in [2.75, 3.05) is 0 Å². The molecular formula is C8H8N4O4. The van der Waals surface area contributed by atoms with Gasteiger partial charge in [-0.1, -0.05) is 0 Å². The van der Waals surface area contributed by atoms with Crippen molar-refractivity contribution in [3.63, 3.8) is 0 Å². The van der Waals surface area contributed by atoms with Crippen LogP contribution < -0.4 is 11.1 Å². The maximum atomic E-state index is 10.8. The SMILES string of the molecule is NC(=O)N(N=O)C1CCC(=C=O)NC1=C=O. The van der Waals surface area contributed by atoms with Crippen molar-refractivity contribution >= 4 is 17.9 Å².